The molecule has 7 heteroatoms. The van der Waals surface area contributed by atoms with Crippen molar-refractivity contribution in [1.82, 2.24) is 0 Å². The minimum Gasteiger partial charge on any atom is -0.493 e. The molecule has 1 atom stereocenters. The molecule has 0 bridgehead atoms. The van der Waals surface area contributed by atoms with Crippen molar-refractivity contribution in [3.63, 3.8) is 0 Å². The van der Waals surface area contributed by atoms with Crippen LogP contribution in [-0.2, 0) is 4.74 Å². The highest BCUT2D eigenvalue weighted by Gasteiger charge is 2.27. The van der Waals surface area contributed by atoms with Crippen LogP contribution in [0.25, 0.3) is 0 Å². The molecule has 0 radical (unpaired) electrons. The van der Waals surface area contributed by atoms with E-state index >= 15 is 0 Å². The van der Waals surface area contributed by atoms with Crippen molar-refractivity contribution in [3.05, 3.63) is 23.8 Å². The summed E-state index contributed by atoms with van der Waals surface area (Å²) in [6.07, 6.45) is -5.06. The van der Waals surface area contributed by atoms with Gasteiger partial charge in [0.1, 0.15) is 6.61 Å². The van der Waals surface area contributed by atoms with E-state index in [0.29, 0.717) is 11.3 Å². The number of hydrogen-bond acceptors (Lipinski definition) is 4. The molecule has 1 aromatic carbocycles. The van der Waals surface area contributed by atoms with E-state index in [9.17, 15) is 18.3 Å². The zero-order valence-electron chi connectivity index (χ0n) is 10.5. The predicted molar refractivity (Wildman–Crippen MR) is 61.1 cm³/mol. The van der Waals surface area contributed by atoms with Gasteiger partial charge in [-0.25, -0.2) is 0 Å². The van der Waals surface area contributed by atoms with Crippen molar-refractivity contribution in [3.8, 4) is 11.5 Å². The quantitative estimate of drug-likeness (QED) is 0.643. The van der Waals surface area contributed by atoms with Gasteiger partial charge < -0.3 is 19.3 Å². The first-order chi connectivity index (χ1) is 8.83. The Morgan fingerprint density at radius 2 is 1.95 bits per heavy atom. The van der Waals surface area contributed by atoms with Crippen molar-refractivity contribution in [1.29, 1.82) is 0 Å². The van der Waals surface area contributed by atoms with Gasteiger partial charge >= 0.3 is 6.18 Å². The molecule has 1 aromatic rings. The van der Waals surface area contributed by atoms with E-state index in [4.69, 9.17) is 9.47 Å². The van der Waals surface area contributed by atoms with E-state index in [1.165, 1.54) is 13.2 Å². The number of halogens is 3. The van der Waals surface area contributed by atoms with Crippen LogP contribution in [0.4, 0.5) is 13.2 Å². The van der Waals surface area contributed by atoms with Gasteiger partial charge in [0.15, 0.2) is 18.3 Å². The van der Waals surface area contributed by atoms with Gasteiger partial charge in [-0.2, -0.15) is 13.2 Å². The van der Waals surface area contributed by atoms with Gasteiger partial charge in [-0.1, -0.05) is 6.07 Å². The van der Waals surface area contributed by atoms with Gasteiger partial charge in [-0.05, 0) is 24.6 Å². The second-order valence-electron chi connectivity index (χ2n) is 3.81. The van der Waals surface area contributed by atoms with E-state index in [-0.39, 0.29) is 5.75 Å². The van der Waals surface area contributed by atoms with Crippen molar-refractivity contribution in [2.24, 2.45) is 0 Å². The number of benzene rings is 1. The monoisotopic (exact) mass is 280 g/mol. The molecule has 0 saturated heterocycles. The first-order valence-corrected chi connectivity index (χ1v) is 5.47. The average Bonchev–Trinajstić information content (AvgIpc) is 2.33. The number of rotatable bonds is 6. The molecule has 0 spiro atoms. The molecule has 0 aromatic heterocycles. The Kier molecular flexibility index (Phi) is 5.44. The van der Waals surface area contributed by atoms with Gasteiger partial charge in [0.25, 0.3) is 0 Å². The molecule has 0 unspecified atom stereocenters. The average molecular weight is 280 g/mol. The predicted octanol–water partition coefficient (Wildman–Crippen LogP) is 2.66. The molecule has 0 saturated carbocycles. The fourth-order valence-corrected chi connectivity index (χ4v) is 1.33. The van der Waals surface area contributed by atoms with Crippen molar-refractivity contribution in [2.75, 3.05) is 20.5 Å². The summed E-state index contributed by atoms with van der Waals surface area (Å²) < 4.78 is 49.9. The number of hydrogen-bond donors (Lipinski definition) is 1. The minimum atomic E-state index is -4.39. The lowest BCUT2D eigenvalue weighted by atomic mass is 10.1. The SMILES string of the molecule is COc1cc([C@@H](C)O)ccc1OCOCC(F)(F)F. The van der Waals surface area contributed by atoms with Crippen LogP contribution >= 0.6 is 0 Å². The first-order valence-electron chi connectivity index (χ1n) is 5.47. The van der Waals surface area contributed by atoms with Crippen LogP contribution in [0.1, 0.15) is 18.6 Å². The lowest BCUT2D eigenvalue weighted by Gasteiger charge is -2.14. The third-order valence-electron chi connectivity index (χ3n) is 2.23. The summed E-state index contributed by atoms with van der Waals surface area (Å²) in [5, 5.41) is 9.39. The number of alkyl halides is 3. The summed E-state index contributed by atoms with van der Waals surface area (Å²) in [6, 6.07) is 4.63. The van der Waals surface area contributed by atoms with Gasteiger partial charge in [0.05, 0.1) is 13.2 Å². The maximum absolute atomic E-state index is 11.8. The molecule has 4 nitrogen and oxygen atoms in total. The summed E-state index contributed by atoms with van der Waals surface area (Å²) in [5.41, 5.74) is 0.611. The largest absolute Gasteiger partial charge is 0.493 e. The van der Waals surface area contributed by atoms with E-state index in [1.807, 2.05) is 0 Å². The van der Waals surface area contributed by atoms with E-state index in [1.54, 1.807) is 19.1 Å². The molecule has 0 heterocycles. The molecular weight excluding hydrogens is 265 g/mol. The number of methoxy groups -OCH3 is 1. The Bertz CT molecular complexity index is 404. The Hall–Kier alpha value is -1.47. The molecule has 1 rings (SSSR count). The zero-order chi connectivity index (χ0) is 14.5. The Balaban J connectivity index is 2.58. The normalized spacial score (nSPS) is 13.2. The molecular formula is C12H15F3O4. The standard InChI is InChI=1S/C12H15F3O4/c1-8(16)9-3-4-10(11(5-9)17-2)19-7-18-6-12(13,14)15/h3-5,8,16H,6-7H2,1-2H3/t8-/m1/s1. The summed E-state index contributed by atoms with van der Waals surface area (Å²) >= 11 is 0. The molecule has 1 N–H and O–H groups in total. The van der Waals surface area contributed by atoms with E-state index in [0.717, 1.165) is 0 Å². The van der Waals surface area contributed by atoms with Crippen LogP contribution < -0.4 is 9.47 Å². The highest BCUT2D eigenvalue weighted by Crippen LogP contribution is 2.30. The van der Waals surface area contributed by atoms with Crippen molar-refractivity contribution >= 4 is 0 Å². The first kappa shape index (κ1) is 15.6. The highest BCUT2D eigenvalue weighted by atomic mass is 19.4. The van der Waals surface area contributed by atoms with Crippen LogP contribution in [0.2, 0.25) is 0 Å². The summed E-state index contributed by atoms with van der Waals surface area (Å²) in [7, 11) is 1.39. The summed E-state index contributed by atoms with van der Waals surface area (Å²) in [6.45, 7) is -0.327. The van der Waals surface area contributed by atoms with Gasteiger partial charge in [-0.3, -0.25) is 0 Å². The smallest absolute Gasteiger partial charge is 0.411 e. The fraction of sp³-hybridized carbons (Fsp3) is 0.500. The molecule has 0 aliphatic carbocycles. The molecule has 0 aliphatic rings. The Morgan fingerprint density at radius 1 is 1.26 bits per heavy atom. The number of aliphatic hydroxyl groups is 1. The van der Waals surface area contributed by atoms with Crippen LogP contribution in [-0.4, -0.2) is 31.8 Å². The Morgan fingerprint density at radius 3 is 2.47 bits per heavy atom. The minimum absolute atomic E-state index is 0.245. The van der Waals surface area contributed by atoms with Crippen LogP contribution in [0.3, 0.4) is 0 Å². The van der Waals surface area contributed by atoms with Gasteiger partial charge in [-0.15, -0.1) is 0 Å². The molecule has 0 fully saturated rings. The third-order valence-corrected chi connectivity index (χ3v) is 2.23. The van der Waals surface area contributed by atoms with Crippen molar-refractivity contribution in [2.45, 2.75) is 19.2 Å². The molecule has 108 valence electrons. The van der Waals surface area contributed by atoms with Gasteiger partial charge in [0.2, 0.25) is 0 Å². The van der Waals surface area contributed by atoms with Crippen LogP contribution in [0.5, 0.6) is 11.5 Å². The molecule has 0 aliphatic heterocycles. The zero-order valence-corrected chi connectivity index (χ0v) is 10.5. The lowest BCUT2D eigenvalue weighted by molar-refractivity contribution is -0.186. The second kappa shape index (κ2) is 6.63. The fourth-order valence-electron chi connectivity index (χ4n) is 1.33. The van der Waals surface area contributed by atoms with E-state index in [2.05, 4.69) is 4.74 Å². The summed E-state index contributed by atoms with van der Waals surface area (Å²) in [4.78, 5) is 0. The maximum Gasteiger partial charge on any atom is 0.411 e. The molecule has 19 heavy (non-hydrogen) atoms. The number of ether oxygens (including phenoxy) is 3. The van der Waals surface area contributed by atoms with Crippen LogP contribution in [0.15, 0.2) is 18.2 Å². The third kappa shape index (κ3) is 5.35. The van der Waals surface area contributed by atoms with Crippen molar-refractivity contribution < 1.29 is 32.5 Å². The topological polar surface area (TPSA) is 47.9 Å². The highest BCUT2D eigenvalue weighted by molar-refractivity contribution is 5.43. The second-order valence-corrected chi connectivity index (χ2v) is 3.81. The van der Waals surface area contributed by atoms with Gasteiger partial charge in [0, 0.05) is 0 Å². The summed E-state index contributed by atoms with van der Waals surface area (Å²) in [5.74, 6) is 0.558. The number of aliphatic hydroxyl groups excluding tert-OH is 1. The Labute approximate surface area is 108 Å². The maximum atomic E-state index is 11.8. The molecule has 0 amide bonds. The lowest BCUT2D eigenvalue weighted by Crippen LogP contribution is -2.19. The van der Waals surface area contributed by atoms with E-state index < -0.39 is 25.7 Å². The van der Waals surface area contributed by atoms with Crippen LogP contribution in [0, 0.1) is 0 Å².